The van der Waals surface area contributed by atoms with E-state index in [1.165, 1.54) is 32.4 Å². The zero-order valence-electron chi connectivity index (χ0n) is 11.7. The Morgan fingerprint density at radius 3 is 2.58 bits per heavy atom. The van der Waals surface area contributed by atoms with E-state index in [-0.39, 0.29) is 0 Å². The van der Waals surface area contributed by atoms with Crippen LogP contribution in [-0.2, 0) is 0 Å². The second-order valence-electron chi connectivity index (χ2n) is 5.42. The fraction of sp³-hybridized carbons (Fsp3) is 0.562. The highest BCUT2D eigenvalue weighted by Gasteiger charge is 2.15. The summed E-state index contributed by atoms with van der Waals surface area (Å²) in [5, 5.41) is 0. The molecule has 0 aromatic heterocycles. The Morgan fingerprint density at radius 1 is 1.26 bits per heavy atom. The van der Waals surface area contributed by atoms with Crippen LogP contribution in [0.4, 0.5) is 0 Å². The van der Waals surface area contributed by atoms with E-state index in [4.69, 9.17) is 4.74 Å². The summed E-state index contributed by atoms with van der Waals surface area (Å²) in [5.74, 6) is 1.73. The molecule has 0 saturated carbocycles. The summed E-state index contributed by atoms with van der Waals surface area (Å²) in [5.41, 5.74) is 0.693. The van der Waals surface area contributed by atoms with E-state index in [0.29, 0.717) is 5.56 Å². The van der Waals surface area contributed by atoms with Gasteiger partial charge in [0.1, 0.15) is 12.0 Å². The predicted molar refractivity (Wildman–Crippen MR) is 76.8 cm³/mol. The molecule has 3 heteroatoms. The summed E-state index contributed by atoms with van der Waals surface area (Å²) in [4.78, 5) is 12.9. The van der Waals surface area contributed by atoms with E-state index < -0.39 is 0 Å². The number of carbonyl (C=O) groups excluding carboxylic acids is 1. The fourth-order valence-corrected chi connectivity index (χ4v) is 2.56. The number of nitrogens with zero attached hydrogens (tertiary/aromatic N) is 1. The Morgan fingerprint density at radius 2 is 1.95 bits per heavy atom. The highest BCUT2D eigenvalue weighted by atomic mass is 16.5. The SMILES string of the molecule is CN1CCC(CCCOc2ccc(C=O)cc2)CC1. The van der Waals surface area contributed by atoms with Crippen molar-refractivity contribution in [1.29, 1.82) is 0 Å². The lowest BCUT2D eigenvalue weighted by molar-refractivity contribution is 0.112. The number of aldehydes is 1. The van der Waals surface area contributed by atoms with Crippen LogP contribution in [0.5, 0.6) is 5.75 Å². The predicted octanol–water partition coefficient (Wildman–Crippen LogP) is 3.00. The Balaban J connectivity index is 1.62. The van der Waals surface area contributed by atoms with E-state index in [9.17, 15) is 4.79 Å². The first-order valence-electron chi connectivity index (χ1n) is 7.14. The van der Waals surface area contributed by atoms with Gasteiger partial charge in [-0.3, -0.25) is 4.79 Å². The molecule has 0 radical (unpaired) electrons. The number of hydrogen-bond donors (Lipinski definition) is 0. The highest BCUT2D eigenvalue weighted by Crippen LogP contribution is 2.21. The molecule has 1 aromatic carbocycles. The van der Waals surface area contributed by atoms with Gasteiger partial charge in [-0.1, -0.05) is 0 Å². The number of ether oxygens (including phenoxy) is 1. The van der Waals surface area contributed by atoms with Crippen LogP contribution in [0, 0.1) is 5.92 Å². The number of carbonyl (C=O) groups is 1. The Kier molecular flexibility index (Phi) is 5.40. The lowest BCUT2D eigenvalue weighted by atomic mass is 9.93. The van der Waals surface area contributed by atoms with Gasteiger partial charge in [-0.25, -0.2) is 0 Å². The van der Waals surface area contributed by atoms with E-state index in [1.54, 1.807) is 12.1 Å². The number of likely N-dealkylation sites (tertiary alicyclic amines) is 1. The van der Waals surface area contributed by atoms with Crippen LogP contribution in [0.15, 0.2) is 24.3 Å². The van der Waals surface area contributed by atoms with Gasteiger partial charge in [-0.05, 0) is 76.0 Å². The van der Waals surface area contributed by atoms with Crippen molar-refractivity contribution in [1.82, 2.24) is 4.90 Å². The molecular weight excluding hydrogens is 238 g/mol. The first-order valence-corrected chi connectivity index (χ1v) is 7.14. The van der Waals surface area contributed by atoms with Crippen LogP contribution < -0.4 is 4.74 Å². The topological polar surface area (TPSA) is 29.5 Å². The van der Waals surface area contributed by atoms with Crippen molar-refractivity contribution in [2.24, 2.45) is 5.92 Å². The van der Waals surface area contributed by atoms with Crippen molar-refractivity contribution in [3.8, 4) is 5.75 Å². The molecule has 1 saturated heterocycles. The molecular formula is C16H23NO2. The number of rotatable bonds is 6. The van der Waals surface area contributed by atoms with Gasteiger partial charge in [0.25, 0.3) is 0 Å². The van der Waals surface area contributed by atoms with Crippen LogP contribution in [0.1, 0.15) is 36.0 Å². The average molecular weight is 261 g/mol. The van der Waals surface area contributed by atoms with Crippen molar-refractivity contribution >= 4 is 6.29 Å². The zero-order valence-corrected chi connectivity index (χ0v) is 11.7. The van der Waals surface area contributed by atoms with E-state index >= 15 is 0 Å². The third-order valence-corrected chi connectivity index (χ3v) is 3.88. The summed E-state index contributed by atoms with van der Waals surface area (Å²) >= 11 is 0. The molecule has 3 nitrogen and oxygen atoms in total. The third kappa shape index (κ3) is 4.67. The van der Waals surface area contributed by atoms with Gasteiger partial charge in [0.2, 0.25) is 0 Å². The molecule has 1 aliphatic heterocycles. The smallest absolute Gasteiger partial charge is 0.150 e. The molecule has 0 N–H and O–H groups in total. The Bertz CT molecular complexity index is 380. The molecule has 0 atom stereocenters. The maximum Gasteiger partial charge on any atom is 0.150 e. The van der Waals surface area contributed by atoms with Crippen molar-refractivity contribution in [2.75, 3.05) is 26.7 Å². The zero-order chi connectivity index (χ0) is 13.5. The van der Waals surface area contributed by atoms with Gasteiger partial charge in [-0.15, -0.1) is 0 Å². The summed E-state index contributed by atoms with van der Waals surface area (Å²) in [6.45, 7) is 3.24. The monoisotopic (exact) mass is 261 g/mol. The molecule has 0 spiro atoms. The summed E-state index contributed by atoms with van der Waals surface area (Å²) < 4.78 is 5.69. The molecule has 0 aliphatic carbocycles. The van der Waals surface area contributed by atoms with Crippen molar-refractivity contribution in [2.45, 2.75) is 25.7 Å². The molecule has 0 amide bonds. The lowest BCUT2D eigenvalue weighted by Crippen LogP contribution is -2.30. The van der Waals surface area contributed by atoms with Gasteiger partial charge >= 0.3 is 0 Å². The fourth-order valence-electron chi connectivity index (χ4n) is 2.56. The molecule has 0 unspecified atom stereocenters. The van der Waals surface area contributed by atoms with Crippen molar-refractivity contribution in [3.63, 3.8) is 0 Å². The van der Waals surface area contributed by atoms with E-state index in [0.717, 1.165) is 31.0 Å². The van der Waals surface area contributed by atoms with E-state index in [2.05, 4.69) is 11.9 Å². The quantitative estimate of drug-likeness (QED) is 0.582. The van der Waals surface area contributed by atoms with E-state index in [1.807, 2.05) is 12.1 Å². The summed E-state index contributed by atoms with van der Waals surface area (Å²) in [7, 11) is 2.20. The number of benzene rings is 1. The van der Waals surface area contributed by atoms with Gasteiger partial charge in [0, 0.05) is 5.56 Å². The normalized spacial score (nSPS) is 17.3. The van der Waals surface area contributed by atoms with Crippen molar-refractivity contribution < 1.29 is 9.53 Å². The largest absolute Gasteiger partial charge is 0.494 e. The molecule has 19 heavy (non-hydrogen) atoms. The van der Waals surface area contributed by atoms with Crippen molar-refractivity contribution in [3.05, 3.63) is 29.8 Å². The molecule has 1 aliphatic rings. The minimum atomic E-state index is 0.693. The molecule has 2 rings (SSSR count). The number of hydrogen-bond acceptors (Lipinski definition) is 3. The molecule has 0 bridgehead atoms. The molecule has 104 valence electrons. The Labute approximate surface area is 115 Å². The second kappa shape index (κ2) is 7.29. The van der Waals surface area contributed by atoms with Gasteiger partial charge in [0.05, 0.1) is 6.61 Å². The van der Waals surface area contributed by atoms with Gasteiger partial charge in [0.15, 0.2) is 0 Å². The minimum absolute atomic E-state index is 0.693. The molecule has 1 aromatic rings. The summed E-state index contributed by atoms with van der Waals surface area (Å²) in [6.07, 6.45) is 5.88. The van der Waals surface area contributed by atoms with Gasteiger partial charge in [-0.2, -0.15) is 0 Å². The van der Waals surface area contributed by atoms with Crippen LogP contribution in [0.2, 0.25) is 0 Å². The van der Waals surface area contributed by atoms with Crippen LogP contribution in [0.3, 0.4) is 0 Å². The highest BCUT2D eigenvalue weighted by molar-refractivity contribution is 5.74. The standard InChI is InChI=1S/C16H23NO2/c1-17-10-8-14(9-11-17)3-2-12-19-16-6-4-15(13-18)5-7-16/h4-7,13-14H,2-3,8-12H2,1H3. The van der Waals surface area contributed by atoms with Crippen LogP contribution >= 0.6 is 0 Å². The minimum Gasteiger partial charge on any atom is -0.494 e. The first-order chi connectivity index (χ1) is 9.28. The van der Waals surface area contributed by atoms with Crippen LogP contribution in [-0.4, -0.2) is 37.9 Å². The third-order valence-electron chi connectivity index (χ3n) is 3.88. The summed E-state index contributed by atoms with van der Waals surface area (Å²) in [6, 6.07) is 7.30. The Hall–Kier alpha value is -1.35. The maximum atomic E-state index is 10.5. The molecule has 1 fully saturated rings. The first kappa shape index (κ1) is 14.1. The lowest BCUT2D eigenvalue weighted by Gasteiger charge is -2.28. The van der Waals surface area contributed by atoms with Gasteiger partial charge < -0.3 is 9.64 Å². The van der Waals surface area contributed by atoms with Crippen LogP contribution in [0.25, 0.3) is 0 Å². The average Bonchev–Trinajstić information content (AvgIpc) is 2.46. The molecule has 1 heterocycles. The maximum absolute atomic E-state index is 10.5. The second-order valence-corrected chi connectivity index (χ2v) is 5.42. The number of piperidine rings is 1.